The predicted octanol–water partition coefficient (Wildman–Crippen LogP) is 1.90. The minimum atomic E-state index is 0.447. The minimum Gasteiger partial charge on any atom is -0.369 e. The van der Waals surface area contributed by atoms with E-state index in [9.17, 15) is 0 Å². The molecule has 23 heavy (non-hydrogen) atoms. The number of hydrogen-bond acceptors (Lipinski definition) is 4. The Labute approximate surface area is 132 Å². The summed E-state index contributed by atoms with van der Waals surface area (Å²) in [5.74, 6) is 0.447. The Hall–Kier alpha value is -3.09. The van der Waals surface area contributed by atoms with E-state index in [-0.39, 0.29) is 0 Å². The molecule has 0 aliphatic rings. The van der Waals surface area contributed by atoms with E-state index in [1.807, 2.05) is 35.4 Å². The number of aromatic amines is 2. The molecule has 0 amide bonds. The zero-order valence-corrected chi connectivity index (χ0v) is 12.5. The van der Waals surface area contributed by atoms with Gasteiger partial charge in [-0.3, -0.25) is 0 Å². The average molecular weight is 307 g/mol. The van der Waals surface area contributed by atoms with E-state index in [0.717, 1.165) is 29.7 Å². The molecular weight excluding hydrogens is 290 g/mol. The van der Waals surface area contributed by atoms with Crippen LogP contribution >= 0.6 is 0 Å². The normalized spacial score (nSPS) is 11.3. The molecule has 0 saturated carbocycles. The highest BCUT2D eigenvalue weighted by Crippen LogP contribution is 2.18. The highest BCUT2D eigenvalue weighted by Gasteiger charge is 2.07. The van der Waals surface area contributed by atoms with Crippen LogP contribution in [0.15, 0.2) is 42.9 Å². The van der Waals surface area contributed by atoms with Gasteiger partial charge in [-0.05, 0) is 24.5 Å². The van der Waals surface area contributed by atoms with E-state index >= 15 is 0 Å². The summed E-state index contributed by atoms with van der Waals surface area (Å²) < 4.78 is 1.86. The molecule has 3 heterocycles. The van der Waals surface area contributed by atoms with Crippen LogP contribution in [0.5, 0.6) is 0 Å². The lowest BCUT2D eigenvalue weighted by molar-refractivity contribution is 0.651. The number of nitrogens with one attached hydrogen (secondary N) is 2. The van der Waals surface area contributed by atoms with Crippen molar-refractivity contribution in [1.82, 2.24) is 29.9 Å². The van der Waals surface area contributed by atoms with Crippen molar-refractivity contribution < 1.29 is 0 Å². The van der Waals surface area contributed by atoms with Crippen molar-refractivity contribution in [3.8, 4) is 0 Å². The van der Waals surface area contributed by atoms with Crippen molar-refractivity contribution in [2.24, 2.45) is 0 Å². The Bertz CT molecular complexity index is 931. The van der Waals surface area contributed by atoms with Gasteiger partial charge in [-0.2, -0.15) is 0 Å². The van der Waals surface area contributed by atoms with Crippen molar-refractivity contribution in [2.45, 2.75) is 19.4 Å². The molecule has 0 aliphatic carbocycles. The summed E-state index contributed by atoms with van der Waals surface area (Å²) in [7, 11) is 0. The lowest BCUT2D eigenvalue weighted by Gasteiger charge is -1.98. The third-order valence-electron chi connectivity index (χ3n) is 3.88. The molecule has 4 rings (SSSR count). The van der Waals surface area contributed by atoms with E-state index in [4.69, 9.17) is 5.73 Å². The molecule has 0 atom stereocenters. The molecule has 4 N–H and O–H groups in total. The third kappa shape index (κ3) is 2.80. The number of aryl methyl sites for hydroxylation is 2. The number of H-pyrrole nitrogens is 2. The number of imidazole rings is 1. The first-order valence-electron chi connectivity index (χ1n) is 7.52. The molecule has 1 aromatic carbocycles. The van der Waals surface area contributed by atoms with Crippen molar-refractivity contribution in [1.29, 1.82) is 0 Å². The van der Waals surface area contributed by atoms with Gasteiger partial charge in [-0.25, -0.2) is 9.67 Å². The van der Waals surface area contributed by atoms with Gasteiger partial charge >= 0.3 is 0 Å². The molecule has 4 aromatic rings. The largest absolute Gasteiger partial charge is 0.369 e. The van der Waals surface area contributed by atoms with Crippen molar-refractivity contribution in [2.75, 3.05) is 5.73 Å². The number of anilines is 1. The Kier molecular flexibility index (Phi) is 3.30. The van der Waals surface area contributed by atoms with E-state index < -0.39 is 0 Å². The molecule has 116 valence electrons. The highest BCUT2D eigenvalue weighted by molar-refractivity contribution is 5.82. The van der Waals surface area contributed by atoms with E-state index in [1.165, 1.54) is 10.9 Å². The van der Waals surface area contributed by atoms with Crippen LogP contribution < -0.4 is 5.73 Å². The molecule has 0 spiro atoms. The van der Waals surface area contributed by atoms with E-state index in [2.05, 4.69) is 37.4 Å². The molecule has 0 aliphatic heterocycles. The van der Waals surface area contributed by atoms with Crippen LogP contribution in [-0.2, 0) is 19.4 Å². The Morgan fingerprint density at radius 2 is 1.91 bits per heavy atom. The summed E-state index contributed by atoms with van der Waals surface area (Å²) in [5, 5.41) is 9.67. The standard InChI is InChI=1S/C16H17N7/c17-16-19-8-12(20-16)5-6-13-10-23(22-21-13)9-11-7-18-15-4-2-1-3-14(11)15/h1-4,7-8,10,18H,5-6,9H2,(H3,17,19,20). The van der Waals surface area contributed by atoms with Crippen LogP contribution in [0.2, 0.25) is 0 Å². The SMILES string of the molecule is Nc1nc(CCc2cn(Cc3c[nH]c4ccccc34)nn2)c[nH]1. The Balaban J connectivity index is 1.45. The van der Waals surface area contributed by atoms with Gasteiger partial charge in [-0.1, -0.05) is 23.4 Å². The fraction of sp³-hybridized carbons (Fsp3) is 0.188. The molecule has 0 unspecified atom stereocenters. The fourth-order valence-corrected chi connectivity index (χ4v) is 2.73. The van der Waals surface area contributed by atoms with Crippen LogP contribution in [0.25, 0.3) is 10.9 Å². The minimum absolute atomic E-state index is 0.447. The molecule has 0 fully saturated rings. The second-order valence-electron chi connectivity index (χ2n) is 5.54. The number of para-hydroxylation sites is 1. The van der Waals surface area contributed by atoms with E-state index in [1.54, 1.807) is 0 Å². The van der Waals surface area contributed by atoms with Gasteiger partial charge in [0, 0.05) is 29.5 Å². The lowest BCUT2D eigenvalue weighted by atomic mass is 10.2. The fourth-order valence-electron chi connectivity index (χ4n) is 2.73. The monoisotopic (exact) mass is 307 g/mol. The first-order chi connectivity index (χ1) is 11.3. The molecule has 7 heteroatoms. The number of nitrogens with two attached hydrogens (primary N) is 1. The average Bonchev–Trinajstić information content (AvgIpc) is 3.27. The van der Waals surface area contributed by atoms with Crippen LogP contribution in [0.3, 0.4) is 0 Å². The van der Waals surface area contributed by atoms with Gasteiger partial charge in [0.15, 0.2) is 5.95 Å². The van der Waals surface area contributed by atoms with Gasteiger partial charge in [0.2, 0.25) is 0 Å². The van der Waals surface area contributed by atoms with Crippen molar-refractivity contribution in [3.05, 3.63) is 59.8 Å². The number of rotatable bonds is 5. The predicted molar refractivity (Wildman–Crippen MR) is 87.8 cm³/mol. The summed E-state index contributed by atoms with van der Waals surface area (Å²) in [4.78, 5) is 10.3. The van der Waals surface area contributed by atoms with Gasteiger partial charge in [0.25, 0.3) is 0 Å². The molecule has 0 radical (unpaired) electrons. The number of aromatic nitrogens is 6. The van der Waals surface area contributed by atoms with Crippen LogP contribution in [0, 0.1) is 0 Å². The molecule has 3 aromatic heterocycles. The third-order valence-corrected chi connectivity index (χ3v) is 3.88. The maximum atomic E-state index is 5.57. The van der Waals surface area contributed by atoms with Gasteiger partial charge in [0.1, 0.15) is 0 Å². The Morgan fingerprint density at radius 1 is 1.04 bits per heavy atom. The summed E-state index contributed by atoms with van der Waals surface area (Å²) in [6.07, 6.45) is 7.42. The lowest BCUT2D eigenvalue weighted by Crippen LogP contribution is -1.99. The van der Waals surface area contributed by atoms with Gasteiger partial charge in [-0.15, -0.1) is 5.10 Å². The molecule has 0 bridgehead atoms. The maximum Gasteiger partial charge on any atom is 0.197 e. The zero-order valence-electron chi connectivity index (χ0n) is 12.5. The van der Waals surface area contributed by atoms with Gasteiger partial charge < -0.3 is 15.7 Å². The topological polar surface area (TPSA) is 101 Å². The number of hydrogen-bond donors (Lipinski definition) is 3. The first-order valence-corrected chi connectivity index (χ1v) is 7.52. The summed E-state index contributed by atoms with van der Waals surface area (Å²) >= 11 is 0. The quantitative estimate of drug-likeness (QED) is 0.524. The number of benzene rings is 1. The first kappa shape index (κ1) is 13.6. The maximum absolute atomic E-state index is 5.57. The van der Waals surface area contributed by atoms with Crippen molar-refractivity contribution >= 4 is 16.9 Å². The van der Waals surface area contributed by atoms with E-state index in [0.29, 0.717) is 12.5 Å². The smallest absolute Gasteiger partial charge is 0.197 e. The number of nitrogens with zero attached hydrogens (tertiary/aromatic N) is 4. The number of nitrogen functional groups attached to an aromatic ring is 1. The Morgan fingerprint density at radius 3 is 2.78 bits per heavy atom. The molecule has 7 nitrogen and oxygen atoms in total. The van der Waals surface area contributed by atoms with Crippen LogP contribution in [-0.4, -0.2) is 29.9 Å². The zero-order chi connectivity index (χ0) is 15.6. The highest BCUT2D eigenvalue weighted by atomic mass is 15.4. The van der Waals surface area contributed by atoms with Crippen LogP contribution in [0.4, 0.5) is 5.95 Å². The summed E-state index contributed by atoms with van der Waals surface area (Å²) in [6.45, 7) is 0.701. The van der Waals surface area contributed by atoms with Gasteiger partial charge in [0.05, 0.1) is 17.9 Å². The second-order valence-corrected chi connectivity index (χ2v) is 5.54. The number of fused-ring (bicyclic) bond motifs is 1. The summed E-state index contributed by atoms with van der Waals surface area (Å²) in [6, 6.07) is 8.25. The van der Waals surface area contributed by atoms with Crippen molar-refractivity contribution in [3.63, 3.8) is 0 Å². The van der Waals surface area contributed by atoms with Crippen LogP contribution in [0.1, 0.15) is 17.0 Å². The second kappa shape index (κ2) is 5.60. The summed E-state index contributed by atoms with van der Waals surface area (Å²) in [5.41, 5.74) is 9.80. The molecular formula is C16H17N7. The molecule has 0 saturated heterocycles.